The first-order valence-corrected chi connectivity index (χ1v) is 10.2. The fourth-order valence-corrected chi connectivity index (χ4v) is 3.07. The van der Waals surface area contributed by atoms with Crippen molar-refractivity contribution in [1.82, 2.24) is 0 Å². The maximum atomic E-state index is 12.8. The first kappa shape index (κ1) is 23.6. The lowest BCUT2D eigenvalue weighted by Crippen LogP contribution is -2.21. The van der Waals surface area contributed by atoms with E-state index in [2.05, 4.69) is 5.32 Å². The first-order chi connectivity index (χ1) is 13.9. The van der Waals surface area contributed by atoms with E-state index < -0.39 is 45.3 Å². The number of esters is 1. The van der Waals surface area contributed by atoms with Crippen LogP contribution in [0.3, 0.4) is 0 Å². The number of nitrogens with one attached hydrogen (secondary N) is 1. The molecule has 162 valence electrons. The largest absolute Gasteiger partial charge is 0.456 e. The summed E-state index contributed by atoms with van der Waals surface area (Å²) in [4.78, 5) is 23.5. The summed E-state index contributed by atoms with van der Waals surface area (Å²) in [6.07, 6.45) is -4.56. The van der Waals surface area contributed by atoms with E-state index in [4.69, 9.17) is 21.5 Å². The van der Waals surface area contributed by atoms with E-state index in [1.165, 1.54) is 30.3 Å². The molecule has 0 saturated heterocycles. The molecule has 1 amide bonds. The van der Waals surface area contributed by atoms with E-state index in [1.807, 2.05) is 0 Å². The van der Waals surface area contributed by atoms with Gasteiger partial charge in [0, 0.05) is 12.1 Å². The number of aryl methyl sites for hydroxylation is 1. The van der Waals surface area contributed by atoms with Crippen LogP contribution in [-0.2, 0) is 36.9 Å². The summed E-state index contributed by atoms with van der Waals surface area (Å²) < 4.78 is 65.6. The Labute approximate surface area is 175 Å². The molecule has 0 spiro atoms. The number of nitrogens with two attached hydrogens (primary N) is 1. The zero-order valence-corrected chi connectivity index (χ0v) is 16.8. The van der Waals surface area contributed by atoms with E-state index in [1.54, 1.807) is 0 Å². The minimum absolute atomic E-state index is 0.0682. The molecule has 0 atom stereocenters. The molecule has 2 rings (SSSR count). The number of carbonyl (C=O) groups is 2. The fourth-order valence-electron chi connectivity index (χ4n) is 2.33. The van der Waals surface area contributed by atoms with Crippen LogP contribution >= 0.6 is 11.6 Å². The molecule has 2 aromatic carbocycles. The van der Waals surface area contributed by atoms with Crippen LogP contribution in [0.1, 0.15) is 17.5 Å². The number of rotatable bonds is 7. The molecule has 0 saturated carbocycles. The summed E-state index contributed by atoms with van der Waals surface area (Å²) in [7, 11) is -3.81. The van der Waals surface area contributed by atoms with Crippen LogP contribution in [0.4, 0.5) is 18.9 Å². The summed E-state index contributed by atoms with van der Waals surface area (Å²) in [5.74, 6) is -1.54. The Morgan fingerprint density at radius 2 is 1.73 bits per heavy atom. The predicted molar refractivity (Wildman–Crippen MR) is 102 cm³/mol. The van der Waals surface area contributed by atoms with Crippen molar-refractivity contribution in [1.29, 1.82) is 0 Å². The van der Waals surface area contributed by atoms with Crippen LogP contribution in [0, 0.1) is 0 Å². The van der Waals surface area contributed by atoms with Gasteiger partial charge < -0.3 is 10.1 Å². The standard InChI is InChI=1S/C18H16ClF3N2O5S/c19-15-7-4-12(9-14(15)18(20,21)22)24-16(25)10-29-17(26)8-3-11-1-5-13(6-2-11)30(23,27)28/h1-2,4-7,9H,3,8,10H2,(H,24,25)(H2,23,27,28). The molecular formula is C18H16ClF3N2O5S. The van der Waals surface area contributed by atoms with Crippen molar-refractivity contribution in [3.63, 3.8) is 0 Å². The second-order valence-corrected chi connectivity index (χ2v) is 8.06. The molecule has 2 aromatic rings. The number of halogens is 4. The maximum absolute atomic E-state index is 12.8. The highest BCUT2D eigenvalue weighted by Crippen LogP contribution is 2.36. The van der Waals surface area contributed by atoms with Crippen LogP contribution in [0.25, 0.3) is 0 Å². The lowest BCUT2D eigenvalue weighted by atomic mass is 10.1. The number of ether oxygens (including phenoxy) is 1. The van der Waals surface area contributed by atoms with E-state index in [0.29, 0.717) is 11.6 Å². The van der Waals surface area contributed by atoms with Crippen LogP contribution < -0.4 is 10.5 Å². The average molecular weight is 465 g/mol. The van der Waals surface area contributed by atoms with Gasteiger partial charge in [0.2, 0.25) is 10.0 Å². The first-order valence-electron chi connectivity index (χ1n) is 8.30. The Balaban J connectivity index is 1.83. The van der Waals surface area contributed by atoms with Crippen LogP contribution in [0.15, 0.2) is 47.4 Å². The van der Waals surface area contributed by atoms with Gasteiger partial charge in [-0.1, -0.05) is 23.7 Å². The average Bonchev–Trinajstić information content (AvgIpc) is 2.65. The number of anilines is 1. The van der Waals surface area contributed by atoms with Gasteiger partial charge in [-0.2, -0.15) is 13.2 Å². The van der Waals surface area contributed by atoms with E-state index >= 15 is 0 Å². The number of sulfonamides is 1. The van der Waals surface area contributed by atoms with Crippen LogP contribution in [0.2, 0.25) is 5.02 Å². The molecule has 30 heavy (non-hydrogen) atoms. The quantitative estimate of drug-likeness (QED) is 0.611. The van der Waals surface area contributed by atoms with Crippen molar-refractivity contribution in [2.75, 3.05) is 11.9 Å². The van der Waals surface area contributed by atoms with Gasteiger partial charge in [0.15, 0.2) is 6.61 Å². The highest BCUT2D eigenvalue weighted by Gasteiger charge is 2.33. The fraction of sp³-hybridized carbons (Fsp3) is 0.222. The Hall–Kier alpha value is -2.63. The third-order valence-electron chi connectivity index (χ3n) is 3.79. The van der Waals surface area contributed by atoms with Crippen LogP contribution in [0.5, 0.6) is 0 Å². The lowest BCUT2D eigenvalue weighted by Gasteiger charge is -2.12. The molecule has 0 aliphatic rings. The van der Waals surface area contributed by atoms with Gasteiger partial charge in [0.25, 0.3) is 5.91 Å². The monoisotopic (exact) mass is 464 g/mol. The Morgan fingerprint density at radius 1 is 1.10 bits per heavy atom. The van der Waals surface area contributed by atoms with Gasteiger partial charge in [0.1, 0.15) is 0 Å². The van der Waals surface area contributed by atoms with E-state index in [9.17, 15) is 31.2 Å². The van der Waals surface area contributed by atoms with Crippen molar-refractivity contribution in [2.24, 2.45) is 5.14 Å². The zero-order valence-electron chi connectivity index (χ0n) is 15.2. The molecule has 0 aromatic heterocycles. The summed E-state index contributed by atoms with van der Waals surface area (Å²) in [6.45, 7) is -0.687. The molecule has 7 nitrogen and oxygen atoms in total. The number of primary sulfonamides is 1. The molecule has 0 aliphatic carbocycles. The molecule has 0 radical (unpaired) electrons. The number of alkyl halides is 3. The van der Waals surface area contributed by atoms with Crippen molar-refractivity contribution in [3.8, 4) is 0 Å². The Kier molecular flexibility index (Phi) is 7.45. The second kappa shape index (κ2) is 9.45. The summed E-state index contributed by atoms with van der Waals surface area (Å²) in [5.41, 5.74) is -0.611. The van der Waals surface area contributed by atoms with Gasteiger partial charge in [-0.05, 0) is 42.3 Å². The number of carbonyl (C=O) groups excluding carboxylic acids is 2. The third kappa shape index (κ3) is 7.01. The smallest absolute Gasteiger partial charge is 0.417 e. The molecule has 0 heterocycles. The van der Waals surface area contributed by atoms with Crippen molar-refractivity contribution in [2.45, 2.75) is 23.9 Å². The summed E-state index contributed by atoms with van der Waals surface area (Å²) in [5, 5.41) is 6.66. The van der Waals surface area contributed by atoms with Crippen LogP contribution in [-0.4, -0.2) is 26.9 Å². The highest BCUT2D eigenvalue weighted by atomic mass is 35.5. The van der Waals surface area contributed by atoms with Gasteiger partial charge >= 0.3 is 12.1 Å². The van der Waals surface area contributed by atoms with Gasteiger partial charge in [-0.25, -0.2) is 13.6 Å². The minimum atomic E-state index is -4.68. The summed E-state index contributed by atoms with van der Waals surface area (Å²) in [6, 6.07) is 8.41. The van der Waals surface area contributed by atoms with Crippen molar-refractivity contribution >= 4 is 39.2 Å². The zero-order chi connectivity index (χ0) is 22.5. The van der Waals surface area contributed by atoms with Gasteiger partial charge in [-0.3, -0.25) is 9.59 Å². The molecular weight excluding hydrogens is 449 g/mol. The number of benzene rings is 2. The van der Waals surface area contributed by atoms with E-state index in [-0.39, 0.29) is 23.4 Å². The van der Waals surface area contributed by atoms with E-state index in [0.717, 1.165) is 6.07 Å². The molecule has 0 fully saturated rings. The Bertz CT molecular complexity index is 1040. The number of amides is 1. The van der Waals surface area contributed by atoms with Crippen molar-refractivity contribution in [3.05, 3.63) is 58.6 Å². The minimum Gasteiger partial charge on any atom is -0.456 e. The number of hydrogen-bond donors (Lipinski definition) is 2. The molecule has 0 bridgehead atoms. The Morgan fingerprint density at radius 3 is 2.30 bits per heavy atom. The number of hydrogen-bond acceptors (Lipinski definition) is 5. The predicted octanol–water partition coefficient (Wildman–Crippen LogP) is 3.12. The lowest BCUT2D eigenvalue weighted by molar-refractivity contribution is -0.147. The third-order valence-corrected chi connectivity index (χ3v) is 5.05. The molecule has 0 aliphatic heterocycles. The SMILES string of the molecule is NS(=O)(=O)c1ccc(CCC(=O)OCC(=O)Nc2ccc(Cl)c(C(F)(F)F)c2)cc1. The normalized spacial score (nSPS) is 11.8. The maximum Gasteiger partial charge on any atom is 0.417 e. The second-order valence-electron chi connectivity index (χ2n) is 6.09. The molecule has 12 heteroatoms. The topological polar surface area (TPSA) is 116 Å². The van der Waals surface area contributed by atoms with Crippen molar-refractivity contribution < 1.29 is 35.9 Å². The van der Waals surface area contributed by atoms with Gasteiger partial charge in [0.05, 0.1) is 15.5 Å². The summed E-state index contributed by atoms with van der Waals surface area (Å²) >= 11 is 5.50. The van der Waals surface area contributed by atoms with Gasteiger partial charge in [-0.15, -0.1) is 0 Å². The molecule has 3 N–H and O–H groups in total. The molecule has 0 unspecified atom stereocenters. The highest BCUT2D eigenvalue weighted by molar-refractivity contribution is 7.89.